The summed E-state index contributed by atoms with van der Waals surface area (Å²) in [5, 5.41) is 0. The zero-order valence-electron chi connectivity index (χ0n) is 8.61. The van der Waals surface area contributed by atoms with E-state index in [0.717, 1.165) is 0 Å². The molecule has 0 aliphatic heterocycles. The van der Waals surface area contributed by atoms with Gasteiger partial charge in [-0.3, -0.25) is 4.79 Å². The predicted molar refractivity (Wildman–Crippen MR) is 56.0 cm³/mol. The van der Waals surface area contributed by atoms with E-state index in [2.05, 4.69) is 11.6 Å². The van der Waals surface area contributed by atoms with E-state index in [1.807, 2.05) is 6.92 Å². The van der Waals surface area contributed by atoms with E-state index in [-0.39, 0.29) is 11.6 Å². The van der Waals surface area contributed by atoms with Gasteiger partial charge in [0.1, 0.15) is 5.69 Å². The molecule has 0 aliphatic carbocycles. The molecule has 4 heteroatoms. The van der Waals surface area contributed by atoms with E-state index < -0.39 is 5.95 Å². The van der Waals surface area contributed by atoms with Crippen molar-refractivity contribution in [2.45, 2.75) is 6.92 Å². The number of amides is 1. The van der Waals surface area contributed by atoms with Crippen LogP contribution in [0.4, 0.5) is 4.39 Å². The van der Waals surface area contributed by atoms with Crippen LogP contribution in [0.2, 0.25) is 0 Å². The molecular formula is C11H13FN2O. The standard InChI is InChI=1S/C11H13FN2O/c1-3-8-14(4-2)11(15)9-6-5-7-10(12)13-9/h3,5-7H,1,4,8H2,2H3. The highest BCUT2D eigenvalue weighted by molar-refractivity contribution is 5.92. The average Bonchev–Trinajstić information content (AvgIpc) is 2.25. The lowest BCUT2D eigenvalue weighted by atomic mass is 10.3. The van der Waals surface area contributed by atoms with Gasteiger partial charge in [-0.2, -0.15) is 4.39 Å². The lowest BCUT2D eigenvalue weighted by Gasteiger charge is -2.18. The normalized spacial score (nSPS) is 9.73. The SMILES string of the molecule is C=CCN(CC)C(=O)c1cccc(F)n1. The van der Waals surface area contributed by atoms with E-state index in [4.69, 9.17) is 0 Å². The third-order valence-corrected chi connectivity index (χ3v) is 1.95. The molecule has 0 bridgehead atoms. The largest absolute Gasteiger partial charge is 0.334 e. The Kier molecular flexibility index (Phi) is 3.97. The van der Waals surface area contributed by atoms with Crippen molar-refractivity contribution in [2.24, 2.45) is 0 Å². The van der Waals surface area contributed by atoms with E-state index in [0.29, 0.717) is 13.1 Å². The van der Waals surface area contributed by atoms with Crippen LogP contribution < -0.4 is 0 Å². The quantitative estimate of drug-likeness (QED) is 0.559. The fraction of sp³-hybridized carbons (Fsp3) is 0.273. The summed E-state index contributed by atoms with van der Waals surface area (Å²) in [6, 6.07) is 4.18. The highest BCUT2D eigenvalue weighted by Gasteiger charge is 2.14. The van der Waals surface area contributed by atoms with Crippen LogP contribution in [0.25, 0.3) is 0 Å². The third kappa shape index (κ3) is 2.87. The van der Waals surface area contributed by atoms with E-state index in [9.17, 15) is 9.18 Å². The maximum atomic E-state index is 12.8. The lowest BCUT2D eigenvalue weighted by molar-refractivity contribution is 0.0775. The summed E-state index contributed by atoms with van der Waals surface area (Å²) in [6.45, 7) is 6.38. The minimum Gasteiger partial charge on any atom is -0.334 e. The summed E-state index contributed by atoms with van der Waals surface area (Å²) in [5.41, 5.74) is 0.124. The van der Waals surface area contributed by atoms with Gasteiger partial charge in [0.15, 0.2) is 0 Å². The Morgan fingerprint density at radius 1 is 1.67 bits per heavy atom. The maximum absolute atomic E-state index is 12.8. The Bertz CT molecular complexity index is 365. The van der Waals surface area contributed by atoms with Crippen LogP contribution in [-0.2, 0) is 0 Å². The summed E-state index contributed by atoms with van der Waals surface area (Å²) >= 11 is 0. The van der Waals surface area contributed by atoms with Crippen LogP contribution in [0.5, 0.6) is 0 Å². The van der Waals surface area contributed by atoms with E-state index >= 15 is 0 Å². The van der Waals surface area contributed by atoms with Crippen molar-refractivity contribution in [3.63, 3.8) is 0 Å². The van der Waals surface area contributed by atoms with Gasteiger partial charge >= 0.3 is 0 Å². The summed E-state index contributed by atoms with van der Waals surface area (Å²) in [4.78, 5) is 16.8. The van der Waals surface area contributed by atoms with Crippen LogP contribution in [0.15, 0.2) is 30.9 Å². The van der Waals surface area contributed by atoms with Gasteiger partial charge in [0.2, 0.25) is 5.95 Å². The van der Waals surface area contributed by atoms with Crippen molar-refractivity contribution >= 4 is 5.91 Å². The summed E-state index contributed by atoms with van der Waals surface area (Å²) in [6.07, 6.45) is 1.63. The molecule has 3 nitrogen and oxygen atoms in total. The number of rotatable bonds is 4. The molecule has 1 aromatic heterocycles. The fourth-order valence-electron chi connectivity index (χ4n) is 1.20. The van der Waals surface area contributed by atoms with Crippen molar-refractivity contribution in [3.8, 4) is 0 Å². The van der Waals surface area contributed by atoms with E-state index in [1.54, 1.807) is 6.08 Å². The number of likely N-dealkylation sites (N-methyl/N-ethyl adjacent to an activating group) is 1. The number of nitrogens with zero attached hydrogens (tertiary/aromatic N) is 2. The van der Waals surface area contributed by atoms with Crippen LogP contribution >= 0.6 is 0 Å². The molecular weight excluding hydrogens is 195 g/mol. The van der Waals surface area contributed by atoms with Crippen molar-refractivity contribution in [1.29, 1.82) is 0 Å². The maximum Gasteiger partial charge on any atom is 0.272 e. The molecule has 0 radical (unpaired) electrons. The number of pyridine rings is 1. The third-order valence-electron chi connectivity index (χ3n) is 1.95. The Hall–Kier alpha value is -1.71. The van der Waals surface area contributed by atoms with Crippen LogP contribution in [-0.4, -0.2) is 28.9 Å². The lowest BCUT2D eigenvalue weighted by Crippen LogP contribution is -2.31. The predicted octanol–water partition coefficient (Wildman–Crippen LogP) is 1.87. The number of carbonyl (C=O) groups excluding carboxylic acids is 1. The van der Waals surface area contributed by atoms with Gasteiger partial charge in [-0.05, 0) is 19.1 Å². The highest BCUT2D eigenvalue weighted by atomic mass is 19.1. The highest BCUT2D eigenvalue weighted by Crippen LogP contribution is 2.03. The van der Waals surface area contributed by atoms with Gasteiger partial charge < -0.3 is 4.90 Å². The molecule has 0 unspecified atom stereocenters. The van der Waals surface area contributed by atoms with Crippen LogP contribution in [0.1, 0.15) is 17.4 Å². The van der Waals surface area contributed by atoms with Gasteiger partial charge in [0.05, 0.1) is 0 Å². The molecule has 0 fully saturated rings. The second kappa shape index (κ2) is 5.24. The number of hydrogen-bond donors (Lipinski definition) is 0. The second-order valence-electron chi connectivity index (χ2n) is 2.98. The Balaban J connectivity index is 2.87. The summed E-state index contributed by atoms with van der Waals surface area (Å²) in [5.74, 6) is -0.924. The van der Waals surface area contributed by atoms with Crippen molar-refractivity contribution in [1.82, 2.24) is 9.88 Å². The van der Waals surface area contributed by atoms with E-state index in [1.165, 1.54) is 23.1 Å². The Labute approximate surface area is 88.2 Å². The molecule has 1 amide bonds. The zero-order chi connectivity index (χ0) is 11.3. The monoisotopic (exact) mass is 208 g/mol. The molecule has 0 N–H and O–H groups in total. The summed E-state index contributed by atoms with van der Waals surface area (Å²) in [7, 11) is 0. The molecule has 15 heavy (non-hydrogen) atoms. The average molecular weight is 208 g/mol. The number of halogens is 1. The molecule has 0 aliphatic rings. The van der Waals surface area contributed by atoms with Gasteiger partial charge in [0.25, 0.3) is 5.91 Å². The summed E-state index contributed by atoms with van der Waals surface area (Å²) < 4.78 is 12.8. The van der Waals surface area contributed by atoms with Crippen LogP contribution in [0, 0.1) is 5.95 Å². The molecule has 0 aromatic carbocycles. The van der Waals surface area contributed by atoms with Gasteiger partial charge in [-0.15, -0.1) is 6.58 Å². The molecule has 1 heterocycles. The van der Waals surface area contributed by atoms with Crippen LogP contribution in [0.3, 0.4) is 0 Å². The zero-order valence-corrected chi connectivity index (χ0v) is 8.61. The smallest absolute Gasteiger partial charge is 0.272 e. The first-order chi connectivity index (χ1) is 7.19. The Morgan fingerprint density at radius 3 is 2.93 bits per heavy atom. The topological polar surface area (TPSA) is 33.2 Å². The molecule has 80 valence electrons. The minimum atomic E-state index is -0.643. The van der Waals surface area contributed by atoms with Crippen molar-refractivity contribution in [2.75, 3.05) is 13.1 Å². The molecule has 0 saturated carbocycles. The van der Waals surface area contributed by atoms with Crippen molar-refractivity contribution in [3.05, 3.63) is 42.5 Å². The van der Waals surface area contributed by atoms with Gasteiger partial charge in [-0.1, -0.05) is 12.1 Å². The molecule has 1 rings (SSSR count). The molecule has 0 spiro atoms. The van der Waals surface area contributed by atoms with Gasteiger partial charge in [0, 0.05) is 13.1 Å². The number of carbonyl (C=O) groups is 1. The number of hydrogen-bond acceptors (Lipinski definition) is 2. The molecule has 0 atom stereocenters. The number of aromatic nitrogens is 1. The fourth-order valence-corrected chi connectivity index (χ4v) is 1.20. The first-order valence-electron chi connectivity index (χ1n) is 4.71. The first kappa shape index (κ1) is 11.4. The first-order valence-corrected chi connectivity index (χ1v) is 4.71. The molecule has 0 saturated heterocycles. The van der Waals surface area contributed by atoms with Crippen molar-refractivity contribution < 1.29 is 9.18 Å². The Morgan fingerprint density at radius 2 is 2.40 bits per heavy atom. The second-order valence-corrected chi connectivity index (χ2v) is 2.98. The molecule has 1 aromatic rings. The minimum absolute atomic E-state index is 0.124. The van der Waals surface area contributed by atoms with Gasteiger partial charge in [-0.25, -0.2) is 4.98 Å².